The van der Waals surface area contributed by atoms with Crippen molar-refractivity contribution >= 4 is 39.9 Å². The lowest BCUT2D eigenvalue weighted by Gasteiger charge is -2.28. The van der Waals surface area contributed by atoms with Crippen LogP contribution in [0, 0.1) is 0 Å². The van der Waals surface area contributed by atoms with Gasteiger partial charge in [0.15, 0.2) is 5.78 Å². The highest BCUT2D eigenvalue weighted by atomic mass is 16.5. The number of aryl methyl sites for hydroxylation is 1. The summed E-state index contributed by atoms with van der Waals surface area (Å²) in [6, 6.07) is 58.1. The standard InChI is InChI=1S/C50H46N2O3/c1-4-9-37-12-20-42(21-13-37)52(45-26-30-47(53)31-27-45)44-24-22-43(23-25-44)51(41-10-7-6-8-11-41)46-28-34-49(35-29-46)55-48-32-18-40(19-33-48)50(54)39-16-14-38(15-17-39)36(3)5-2/h6-8,10-36,53H,4-5,9H2,1-3H3. The molecule has 0 amide bonds. The molecule has 1 N–H and O–H groups in total. The van der Waals surface area contributed by atoms with Gasteiger partial charge in [0, 0.05) is 45.3 Å². The van der Waals surface area contributed by atoms with E-state index in [4.69, 9.17) is 4.74 Å². The minimum atomic E-state index is -0.00484. The number of hydrogen-bond acceptors (Lipinski definition) is 5. The van der Waals surface area contributed by atoms with E-state index in [2.05, 4.69) is 116 Å². The van der Waals surface area contributed by atoms with Crippen LogP contribution in [-0.4, -0.2) is 10.9 Å². The molecule has 1 atom stereocenters. The smallest absolute Gasteiger partial charge is 0.193 e. The first-order chi connectivity index (χ1) is 26.9. The summed E-state index contributed by atoms with van der Waals surface area (Å²) >= 11 is 0. The first-order valence-corrected chi connectivity index (χ1v) is 19.1. The first kappa shape index (κ1) is 36.8. The Morgan fingerprint density at radius 2 is 0.927 bits per heavy atom. The van der Waals surface area contributed by atoms with Gasteiger partial charge in [0.1, 0.15) is 17.2 Å². The van der Waals surface area contributed by atoms with E-state index in [9.17, 15) is 9.90 Å². The van der Waals surface area contributed by atoms with Crippen LogP contribution in [0.15, 0.2) is 176 Å². The summed E-state index contributed by atoms with van der Waals surface area (Å²) in [6.07, 6.45) is 3.21. The third-order valence-electron chi connectivity index (χ3n) is 10.0. The van der Waals surface area contributed by atoms with E-state index >= 15 is 0 Å². The number of phenolic OH excluding ortho intramolecular Hbond substituents is 1. The molecular formula is C50H46N2O3. The fourth-order valence-corrected chi connectivity index (χ4v) is 6.76. The van der Waals surface area contributed by atoms with Crippen LogP contribution in [0.25, 0.3) is 0 Å². The molecule has 7 aromatic rings. The van der Waals surface area contributed by atoms with Crippen LogP contribution in [-0.2, 0) is 6.42 Å². The number of carbonyl (C=O) groups excluding carboxylic acids is 1. The van der Waals surface area contributed by atoms with Gasteiger partial charge in [0.05, 0.1) is 0 Å². The number of benzene rings is 7. The molecule has 0 spiro atoms. The maximum Gasteiger partial charge on any atom is 0.193 e. The lowest BCUT2D eigenvalue weighted by Crippen LogP contribution is -2.12. The second-order valence-corrected chi connectivity index (χ2v) is 13.8. The van der Waals surface area contributed by atoms with E-state index in [0.717, 1.165) is 53.4 Å². The number of rotatable bonds is 14. The van der Waals surface area contributed by atoms with Gasteiger partial charge in [-0.2, -0.15) is 0 Å². The molecule has 0 aliphatic carbocycles. The molecular weight excluding hydrogens is 677 g/mol. The lowest BCUT2D eigenvalue weighted by atomic mass is 9.95. The van der Waals surface area contributed by atoms with Gasteiger partial charge in [-0.1, -0.05) is 81.8 Å². The highest BCUT2D eigenvalue weighted by molar-refractivity contribution is 6.09. The molecule has 5 nitrogen and oxygen atoms in total. The summed E-state index contributed by atoms with van der Waals surface area (Å²) < 4.78 is 6.22. The first-order valence-electron chi connectivity index (χ1n) is 19.1. The molecule has 0 aromatic heterocycles. The second kappa shape index (κ2) is 17.0. The minimum Gasteiger partial charge on any atom is -0.508 e. The Morgan fingerprint density at radius 3 is 1.40 bits per heavy atom. The molecule has 0 heterocycles. The SMILES string of the molecule is CCCc1ccc(N(c2ccc(O)cc2)c2ccc(N(c3ccccc3)c3ccc(Oc4ccc(C(=O)c5ccc(C(C)CC)cc5)cc4)cc3)cc2)cc1. The van der Waals surface area contributed by atoms with E-state index in [-0.39, 0.29) is 11.5 Å². The van der Waals surface area contributed by atoms with Crippen molar-refractivity contribution in [3.63, 3.8) is 0 Å². The van der Waals surface area contributed by atoms with Crippen molar-refractivity contribution in [3.8, 4) is 17.2 Å². The van der Waals surface area contributed by atoms with Crippen molar-refractivity contribution in [2.24, 2.45) is 0 Å². The third kappa shape index (κ3) is 8.63. The molecule has 0 saturated heterocycles. The van der Waals surface area contributed by atoms with Crippen molar-refractivity contribution in [3.05, 3.63) is 198 Å². The van der Waals surface area contributed by atoms with Crippen molar-refractivity contribution in [1.82, 2.24) is 0 Å². The molecule has 0 fully saturated rings. The summed E-state index contributed by atoms with van der Waals surface area (Å²) in [6.45, 7) is 6.56. The van der Waals surface area contributed by atoms with Crippen LogP contribution in [0.2, 0.25) is 0 Å². The van der Waals surface area contributed by atoms with Crippen LogP contribution >= 0.6 is 0 Å². The summed E-state index contributed by atoms with van der Waals surface area (Å²) in [5, 5.41) is 10.0. The van der Waals surface area contributed by atoms with Crippen LogP contribution in [0.1, 0.15) is 66.6 Å². The monoisotopic (exact) mass is 722 g/mol. The molecule has 0 radical (unpaired) electrons. The topological polar surface area (TPSA) is 53.0 Å². The number of anilines is 6. The van der Waals surface area contributed by atoms with Crippen LogP contribution < -0.4 is 14.5 Å². The van der Waals surface area contributed by atoms with Gasteiger partial charge in [0.2, 0.25) is 0 Å². The fourth-order valence-electron chi connectivity index (χ4n) is 6.76. The molecule has 5 heteroatoms. The van der Waals surface area contributed by atoms with Gasteiger partial charge in [-0.15, -0.1) is 0 Å². The Hall–Kier alpha value is -6.59. The van der Waals surface area contributed by atoms with Gasteiger partial charge < -0.3 is 19.6 Å². The summed E-state index contributed by atoms with van der Waals surface area (Å²) in [5.41, 5.74) is 9.87. The molecule has 55 heavy (non-hydrogen) atoms. The molecule has 0 saturated carbocycles. The molecule has 0 aliphatic heterocycles. The number of carbonyl (C=O) groups is 1. The number of aromatic hydroxyl groups is 1. The number of nitrogens with zero attached hydrogens (tertiary/aromatic N) is 2. The number of ketones is 1. The molecule has 1 unspecified atom stereocenters. The van der Waals surface area contributed by atoms with Crippen molar-refractivity contribution < 1.29 is 14.6 Å². The minimum absolute atomic E-state index is 0.00484. The van der Waals surface area contributed by atoms with E-state index in [1.165, 1.54) is 11.1 Å². The van der Waals surface area contributed by atoms with Gasteiger partial charge in [-0.05, 0) is 151 Å². The molecule has 0 bridgehead atoms. The number of para-hydroxylation sites is 1. The Balaban J connectivity index is 1.11. The quantitative estimate of drug-likeness (QED) is 0.113. The molecule has 274 valence electrons. The predicted molar refractivity (Wildman–Crippen MR) is 227 cm³/mol. The maximum absolute atomic E-state index is 13.2. The van der Waals surface area contributed by atoms with Crippen molar-refractivity contribution in [2.75, 3.05) is 9.80 Å². The van der Waals surface area contributed by atoms with Gasteiger partial charge in [-0.3, -0.25) is 4.79 Å². The zero-order valence-corrected chi connectivity index (χ0v) is 31.6. The lowest BCUT2D eigenvalue weighted by molar-refractivity contribution is 0.103. The summed E-state index contributed by atoms with van der Waals surface area (Å²) in [5.74, 6) is 2.05. The Bertz CT molecular complexity index is 2280. The Labute approximate surface area is 324 Å². The molecule has 0 aliphatic rings. The van der Waals surface area contributed by atoms with E-state index in [1.54, 1.807) is 12.1 Å². The van der Waals surface area contributed by atoms with Crippen LogP contribution in [0.4, 0.5) is 34.1 Å². The van der Waals surface area contributed by atoms with E-state index in [1.807, 2.05) is 78.9 Å². The number of hydrogen-bond donors (Lipinski definition) is 1. The van der Waals surface area contributed by atoms with Crippen molar-refractivity contribution in [1.29, 1.82) is 0 Å². The zero-order chi connectivity index (χ0) is 38.1. The Kier molecular flexibility index (Phi) is 11.4. The second-order valence-electron chi connectivity index (χ2n) is 13.8. The fraction of sp³-hybridized carbons (Fsp3) is 0.140. The highest BCUT2D eigenvalue weighted by Gasteiger charge is 2.17. The maximum atomic E-state index is 13.2. The normalized spacial score (nSPS) is 11.5. The summed E-state index contributed by atoms with van der Waals surface area (Å²) in [7, 11) is 0. The Morgan fingerprint density at radius 1 is 0.527 bits per heavy atom. The zero-order valence-electron chi connectivity index (χ0n) is 31.6. The third-order valence-corrected chi connectivity index (χ3v) is 10.0. The van der Waals surface area contributed by atoms with E-state index < -0.39 is 0 Å². The van der Waals surface area contributed by atoms with E-state index in [0.29, 0.717) is 28.5 Å². The van der Waals surface area contributed by atoms with Crippen LogP contribution in [0.3, 0.4) is 0 Å². The van der Waals surface area contributed by atoms with Gasteiger partial charge in [0.25, 0.3) is 0 Å². The van der Waals surface area contributed by atoms with Gasteiger partial charge >= 0.3 is 0 Å². The van der Waals surface area contributed by atoms with Crippen LogP contribution in [0.5, 0.6) is 17.2 Å². The van der Waals surface area contributed by atoms with Gasteiger partial charge in [-0.25, -0.2) is 0 Å². The predicted octanol–water partition coefficient (Wildman–Crippen LogP) is 13.8. The number of phenols is 1. The van der Waals surface area contributed by atoms with Crippen molar-refractivity contribution in [2.45, 2.75) is 46.0 Å². The molecule has 7 aromatic carbocycles. The summed E-state index contributed by atoms with van der Waals surface area (Å²) in [4.78, 5) is 17.6. The average Bonchev–Trinajstić information content (AvgIpc) is 3.24. The molecule has 7 rings (SSSR count). The number of ether oxygens (including phenoxy) is 1. The highest BCUT2D eigenvalue weighted by Crippen LogP contribution is 2.40. The average molecular weight is 723 g/mol. The largest absolute Gasteiger partial charge is 0.508 e.